The molecule has 1 aromatic carbocycles. The molecular weight excluding hydrogens is 306 g/mol. The largest absolute Gasteiger partial charge is 0.351 e. The molecule has 0 bridgehead atoms. The number of hydrogen-bond acceptors (Lipinski definition) is 4. The number of amides is 2. The Kier molecular flexibility index (Phi) is 3.39. The molecule has 1 aromatic heterocycles. The summed E-state index contributed by atoms with van der Waals surface area (Å²) in [4.78, 5) is 26.5. The number of likely N-dealkylation sites (N-methyl/N-ethyl adjacent to an activating group) is 1. The summed E-state index contributed by atoms with van der Waals surface area (Å²) in [6, 6.07) is 5.61. The number of nitrogens with zero attached hydrogens (tertiary/aromatic N) is 1. The van der Waals surface area contributed by atoms with Crippen LogP contribution in [0, 0.1) is 0 Å². The third-order valence-electron chi connectivity index (χ3n) is 2.00. The molecule has 0 aliphatic carbocycles. The highest BCUT2D eigenvalue weighted by Crippen LogP contribution is 2.28. The van der Waals surface area contributed by atoms with E-state index in [1.165, 1.54) is 18.4 Å². The zero-order valence-corrected chi connectivity index (χ0v) is 11.2. The van der Waals surface area contributed by atoms with E-state index < -0.39 is 11.8 Å². The van der Waals surface area contributed by atoms with Gasteiger partial charge in [0.2, 0.25) is 0 Å². The van der Waals surface area contributed by atoms with Gasteiger partial charge in [0, 0.05) is 11.5 Å². The van der Waals surface area contributed by atoms with Crippen LogP contribution in [0.1, 0.15) is 0 Å². The van der Waals surface area contributed by atoms with E-state index in [-0.39, 0.29) is 0 Å². The molecule has 0 atom stereocenters. The predicted octanol–water partition coefficient (Wildman–Crippen LogP) is 1.74. The number of nitrogens with one attached hydrogen (secondary N) is 2. The van der Waals surface area contributed by atoms with E-state index in [4.69, 9.17) is 0 Å². The number of halogens is 1. The minimum atomic E-state index is -0.717. The van der Waals surface area contributed by atoms with Crippen LogP contribution in [0.15, 0.2) is 22.7 Å². The normalized spacial score (nSPS) is 10.2. The summed E-state index contributed by atoms with van der Waals surface area (Å²) in [5.74, 6) is -1.41. The van der Waals surface area contributed by atoms with Crippen molar-refractivity contribution in [2.24, 2.45) is 0 Å². The van der Waals surface area contributed by atoms with Crippen molar-refractivity contribution in [3.63, 3.8) is 0 Å². The fourth-order valence-corrected chi connectivity index (χ4v) is 2.63. The van der Waals surface area contributed by atoms with Gasteiger partial charge >= 0.3 is 11.8 Å². The summed E-state index contributed by atoms with van der Waals surface area (Å²) in [6.45, 7) is 0. The Balaban J connectivity index is 2.25. The first-order valence-corrected chi connectivity index (χ1v) is 6.30. The highest BCUT2D eigenvalue weighted by atomic mass is 79.9. The third kappa shape index (κ3) is 2.62. The summed E-state index contributed by atoms with van der Waals surface area (Å²) in [5.41, 5.74) is 0.783. The van der Waals surface area contributed by atoms with Crippen molar-refractivity contribution in [1.82, 2.24) is 10.3 Å². The molecule has 0 aliphatic heterocycles. The first-order valence-electron chi connectivity index (χ1n) is 4.69. The van der Waals surface area contributed by atoms with Crippen molar-refractivity contribution in [1.29, 1.82) is 0 Å². The zero-order valence-electron chi connectivity index (χ0n) is 8.78. The predicted molar refractivity (Wildman–Crippen MR) is 70.0 cm³/mol. The van der Waals surface area contributed by atoms with Crippen molar-refractivity contribution >= 4 is 54.4 Å². The van der Waals surface area contributed by atoms with Gasteiger partial charge in [-0.3, -0.25) is 14.9 Å². The second-order valence-electron chi connectivity index (χ2n) is 3.16. The maximum atomic E-state index is 11.3. The van der Waals surface area contributed by atoms with Gasteiger partial charge in [-0.1, -0.05) is 27.3 Å². The molecule has 2 amide bonds. The lowest BCUT2D eigenvalue weighted by Crippen LogP contribution is -2.32. The van der Waals surface area contributed by atoms with Gasteiger partial charge in [-0.15, -0.1) is 0 Å². The first kappa shape index (κ1) is 12.0. The van der Waals surface area contributed by atoms with Crippen LogP contribution < -0.4 is 10.6 Å². The number of hydrogen-bond donors (Lipinski definition) is 2. The molecule has 0 fully saturated rings. The monoisotopic (exact) mass is 313 g/mol. The average Bonchev–Trinajstić information content (AvgIpc) is 2.69. The Labute approximate surface area is 109 Å². The van der Waals surface area contributed by atoms with Crippen LogP contribution in [0.3, 0.4) is 0 Å². The number of aromatic nitrogens is 1. The smallest absolute Gasteiger partial charge is 0.315 e. The number of carbonyl (C=O) groups is 2. The molecule has 0 radical (unpaired) electrons. The molecule has 2 N–H and O–H groups in total. The summed E-state index contributed by atoms with van der Waals surface area (Å²) in [5, 5.41) is 5.10. The molecule has 1 heterocycles. The zero-order chi connectivity index (χ0) is 12.4. The van der Waals surface area contributed by atoms with Crippen LogP contribution in [0.25, 0.3) is 10.2 Å². The Morgan fingerprint density at radius 1 is 1.35 bits per heavy atom. The van der Waals surface area contributed by atoms with E-state index in [1.807, 2.05) is 18.2 Å². The molecule has 7 heteroatoms. The quantitative estimate of drug-likeness (QED) is 0.788. The second-order valence-corrected chi connectivity index (χ2v) is 5.11. The molecule has 0 saturated carbocycles. The Morgan fingerprint density at radius 2 is 2.12 bits per heavy atom. The Morgan fingerprint density at radius 3 is 2.82 bits per heavy atom. The maximum absolute atomic E-state index is 11.3. The third-order valence-corrected chi connectivity index (χ3v) is 3.43. The molecule has 2 rings (SSSR count). The van der Waals surface area contributed by atoms with E-state index >= 15 is 0 Å². The van der Waals surface area contributed by atoms with Gasteiger partial charge in [-0.25, -0.2) is 4.98 Å². The van der Waals surface area contributed by atoms with Gasteiger partial charge in [-0.05, 0) is 18.2 Å². The number of thiazole rings is 1. The fourth-order valence-electron chi connectivity index (χ4n) is 1.22. The minimum Gasteiger partial charge on any atom is -0.351 e. The van der Waals surface area contributed by atoms with Gasteiger partial charge < -0.3 is 5.32 Å². The lowest BCUT2D eigenvalue weighted by molar-refractivity contribution is -0.135. The van der Waals surface area contributed by atoms with Crippen molar-refractivity contribution in [3.8, 4) is 0 Å². The molecule has 17 heavy (non-hydrogen) atoms. The minimum absolute atomic E-state index is 0.409. The van der Waals surface area contributed by atoms with Crippen LogP contribution in [0.4, 0.5) is 5.13 Å². The molecular formula is C10H8BrN3O2S. The Hall–Kier alpha value is -1.47. The van der Waals surface area contributed by atoms with Gasteiger partial charge in [0.15, 0.2) is 5.13 Å². The fraction of sp³-hybridized carbons (Fsp3) is 0.100. The molecule has 0 aliphatic rings. The second kappa shape index (κ2) is 4.80. The van der Waals surface area contributed by atoms with Crippen molar-refractivity contribution in [2.45, 2.75) is 0 Å². The van der Waals surface area contributed by atoms with Gasteiger partial charge in [-0.2, -0.15) is 0 Å². The summed E-state index contributed by atoms with van der Waals surface area (Å²) >= 11 is 4.67. The van der Waals surface area contributed by atoms with Gasteiger partial charge in [0.05, 0.1) is 10.2 Å². The summed E-state index contributed by atoms with van der Waals surface area (Å²) < 4.78 is 1.88. The molecule has 88 valence electrons. The number of carbonyl (C=O) groups excluding carboxylic acids is 2. The maximum Gasteiger partial charge on any atom is 0.315 e. The van der Waals surface area contributed by atoms with Crippen LogP contribution in [-0.4, -0.2) is 23.8 Å². The summed E-state index contributed by atoms with van der Waals surface area (Å²) in [6.07, 6.45) is 0. The lowest BCUT2D eigenvalue weighted by atomic mass is 10.3. The van der Waals surface area contributed by atoms with Crippen LogP contribution in [0.5, 0.6) is 0 Å². The van der Waals surface area contributed by atoms with Crippen LogP contribution in [-0.2, 0) is 9.59 Å². The van der Waals surface area contributed by atoms with Crippen LogP contribution >= 0.6 is 27.3 Å². The Bertz CT molecular complexity index is 596. The number of rotatable bonds is 1. The highest BCUT2D eigenvalue weighted by Gasteiger charge is 2.13. The van der Waals surface area contributed by atoms with E-state index in [0.29, 0.717) is 5.13 Å². The number of fused-ring (bicyclic) bond motifs is 1. The SMILES string of the molecule is CNC(=O)C(=O)Nc1nc2ccc(Br)cc2s1. The first-order chi connectivity index (χ1) is 8.10. The molecule has 0 unspecified atom stereocenters. The molecule has 0 spiro atoms. The van der Waals surface area contributed by atoms with E-state index in [1.54, 1.807) is 0 Å². The van der Waals surface area contributed by atoms with Crippen molar-refractivity contribution in [3.05, 3.63) is 22.7 Å². The summed E-state index contributed by atoms with van der Waals surface area (Å²) in [7, 11) is 1.40. The molecule has 2 aromatic rings. The standard InChI is InChI=1S/C10H8BrN3O2S/c1-12-8(15)9(16)14-10-13-6-3-2-5(11)4-7(6)17-10/h2-4H,1H3,(H,12,15)(H,13,14,16). The number of benzene rings is 1. The van der Waals surface area contributed by atoms with E-state index in [0.717, 1.165) is 14.7 Å². The molecule has 5 nitrogen and oxygen atoms in total. The van der Waals surface area contributed by atoms with Crippen molar-refractivity contribution < 1.29 is 9.59 Å². The van der Waals surface area contributed by atoms with E-state index in [2.05, 4.69) is 31.5 Å². The van der Waals surface area contributed by atoms with Gasteiger partial charge in [0.25, 0.3) is 0 Å². The lowest BCUT2D eigenvalue weighted by Gasteiger charge is -1.98. The average molecular weight is 314 g/mol. The van der Waals surface area contributed by atoms with Gasteiger partial charge in [0.1, 0.15) is 0 Å². The molecule has 0 saturated heterocycles. The number of anilines is 1. The highest BCUT2D eigenvalue weighted by molar-refractivity contribution is 9.10. The van der Waals surface area contributed by atoms with Crippen molar-refractivity contribution in [2.75, 3.05) is 12.4 Å². The topological polar surface area (TPSA) is 71.1 Å². The van der Waals surface area contributed by atoms with E-state index in [9.17, 15) is 9.59 Å². The van der Waals surface area contributed by atoms with Crippen LogP contribution in [0.2, 0.25) is 0 Å².